The van der Waals surface area contributed by atoms with E-state index in [4.69, 9.17) is 8.85 Å². The molecular formula is C14H28O2Si. The maximum Gasteiger partial charge on any atom is 0.321 e. The molecule has 0 amide bonds. The van der Waals surface area contributed by atoms with Crippen molar-refractivity contribution in [1.82, 2.24) is 0 Å². The lowest BCUT2D eigenvalue weighted by molar-refractivity contribution is 0.194. The van der Waals surface area contributed by atoms with Crippen molar-refractivity contribution in [1.29, 1.82) is 0 Å². The highest BCUT2D eigenvalue weighted by Crippen LogP contribution is 2.24. The Labute approximate surface area is 108 Å². The summed E-state index contributed by atoms with van der Waals surface area (Å²) in [6.45, 7) is 6.09. The van der Waals surface area contributed by atoms with Gasteiger partial charge in [0.05, 0.1) is 0 Å². The minimum atomic E-state index is -1.36. The third kappa shape index (κ3) is 7.01. The fraction of sp³-hybridized carbons (Fsp3) is 0.857. The van der Waals surface area contributed by atoms with Crippen molar-refractivity contribution in [3.05, 3.63) is 12.2 Å². The van der Waals surface area contributed by atoms with Crippen LogP contribution in [0.25, 0.3) is 0 Å². The summed E-state index contributed by atoms with van der Waals surface area (Å²) < 4.78 is 11.8. The molecule has 3 heteroatoms. The molecule has 0 saturated heterocycles. The summed E-state index contributed by atoms with van der Waals surface area (Å²) in [5, 5.41) is 0. The average molecular weight is 256 g/mol. The van der Waals surface area contributed by atoms with E-state index < -0.39 is 9.28 Å². The van der Waals surface area contributed by atoms with Crippen molar-refractivity contribution < 1.29 is 8.85 Å². The van der Waals surface area contributed by atoms with E-state index in [0.29, 0.717) is 0 Å². The van der Waals surface area contributed by atoms with Gasteiger partial charge in [-0.2, -0.15) is 0 Å². The quantitative estimate of drug-likeness (QED) is 0.461. The molecule has 1 aliphatic carbocycles. The van der Waals surface area contributed by atoms with Gasteiger partial charge in [0.1, 0.15) is 0 Å². The predicted molar refractivity (Wildman–Crippen MR) is 75.5 cm³/mol. The molecule has 0 N–H and O–H groups in total. The molecule has 1 unspecified atom stereocenters. The van der Waals surface area contributed by atoms with E-state index in [1.165, 1.54) is 31.7 Å². The van der Waals surface area contributed by atoms with Crippen LogP contribution in [0.1, 0.15) is 52.4 Å². The molecule has 0 aromatic carbocycles. The predicted octanol–water partition coefficient (Wildman–Crippen LogP) is 3.81. The second kappa shape index (κ2) is 9.86. The first-order valence-electron chi connectivity index (χ1n) is 7.25. The van der Waals surface area contributed by atoms with E-state index in [9.17, 15) is 0 Å². The molecular weight excluding hydrogens is 228 g/mol. The molecule has 1 atom stereocenters. The van der Waals surface area contributed by atoms with E-state index in [-0.39, 0.29) is 0 Å². The summed E-state index contributed by atoms with van der Waals surface area (Å²) in [6.07, 6.45) is 12.0. The van der Waals surface area contributed by atoms with Crippen LogP contribution in [0.15, 0.2) is 12.2 Å². The van der Waals surface area contributed by atoms with Gasteiger partial charge in [-0.15, -0.1) is 0 Å². The molecule has 0 fully saturated rings. The number of allylic oxidation sites excluding steroid dienone is 2. The molecule has 17 heavy (non-hydrogen) atoms. The lowest BCUT2D eigenvalue weighted by atomic mass is 9.92. The van der Waals surface area contributed by atoms with Crippen molar-refractivity contribution in [2.45, 2.75) is 58.4 Å². The molecule has 1 aliphatic rings. The molecule has 100 valence electrons. The van der Waals surface area contributed by atoms with E-state index in [1.807, 2.05) is 0 Å². The van der Waals surface area contributed by atoms with Crippen LogP contribution in [0, 0.1) is 5.92 Å². The van der Waals surface area contributed by atoms with Gasteiger partial charge >= 0.3 is 9.28 Å². The highest BCUT2D eigenvalue weighted by molar-refractivity contribution is 6.44. The van der Waals surface area contributed by atoms with Crippen LogP contribution < -0.4 is 0 Å². The van der Waals surface area contributed by atoms with Crippen molar-refractivity contribution in [2.24, 2.45) is 5.92 Å². The van der Waals surface area contributed by atoms with Gasteiger partial charge in [0.15, 0.2) is 0 Å². The van der Waals surface area contributed by atoms with Gasteiger partial charge < -0.3 is 8.85 Å². The molecule has 0 bridgehead atoms. The van der Waals surface area contributed by atoms with E-state index in [1.54, 1.807) is 0 Å². The van der Waals surface area contributed by atoms with Gasteiger partial charge in [-0.05, 0) is 50.5 Å². The van der Waals surface area contributed by atoms with Crippen molar-refractivity contribution in [3.63, 3.8) is 0 Å². The van der Waals surface area contributed by atoms with E-state index in [2.05, 4.69) is 26.0 Å². The molecule has 0 heterocycles. The van der Waals surface area contributed by atoms with Crippen LogP contribution in [-0.2, 0) is 8.85 Å². The zero-order valence-electron chi connectivity index (χ0n) is 11.5. The Bertz CT molecular complexity index is 198. The fourth-order valence-electron chi connectivity index (χ4n) is 2.20. The lowest BCUT2D eigenvalue weighted by Gasteiger charge is -2.21. The molecule has 0 aliphatic heterocycles. The van der Waals surface area contributed by atoms with Gasteiger partial charge in [0, 0.05) is 13.2 Å². The van der Waals surface area contributed by atoms with Crippen LogP contribution in [0.4, 0.5) is 0 Å². The van der Waals surface area contributed by atoms with Gasteiger partial charge in [-0.3, -0.25) is 0 Å². The molecule has 1 rings (SSSR count). The summed E-state index contributed by atoms with van der Waals surface area (Å²) in [4.78, 5) is 0. The molecule has 0 radical (unpaired) electrons. The number of hydrogen-bond donors (Lipinski definition) is 0. The summed E-state index contributed by atoms with van der Waals surface area (Å²) in [5.74, 6) is 0.880. The summed E-state index contributed by atoms with van der Waals surface area (Å²) in [6, 6.07) is 1.19. The topological polar surface area (TPSA) is 18.5 Å². The highest BCUT2D eigenvalue weighted by atomic mass is 28.3. The Morgan fingerprint density at radius 3 is 2.35 bits per heavy atom. The van der Waals surface area contributed by atoms with Crippen LogP contribution in [0.2, 0.25) is 6.04 Å². The van der Waals surface area contributed by atoms with E-state index in [0.717, 1.165) is 32.0 Å². The van der Waals surface area contributed by atoms with Gasteiger partial charge in [-0.1, -0.05) is 26.0 Å². The Morgan fingerprint density at radius 2 is 1.82 bits per heavy atom. The smallest absolute Gasteiger partial charge is 0.321 e. The highest BCUT2D eigenvalue weighted by Gasteiger charge is 2.17. The van der Waals surface area contributed by atoms with Crippen molar-refractivity contribution >= 4 is 9.28 Å². The monoisotopic (exact) mass is 256 g/mol. The zero-order chi connectivity index (χ0) is 12.3. The first-order valence-corrected chi connectivity index (χ1v) is 9.01. The first kappa shape index (κ1) is 14.9. The Balaban J connectivity index is 2.18. The largest absolute Gasteiger partial charge is 0.397 e. The number of hydrogen-bond acceptors (Lipinski definition) is 2. The maximum absolute atomic E-state index is 5.88. The second-order valence-corrected chi connectivity index (χ2v) is 7.00. The molecule has 0 spiro atoms. The molecule has 0 saturated carbocycles. The third-order valence-electron chi connectivity index (χ3n) is 3.20. The zero-order valence-corrected chi connectivity index (χ0v) is 12.6. The Kier molecular flexibility index (Phi) is 8.66. The van der Waals surface area contributed by atoms with Gasteiger partial charge in [0.25, 0.3) is 0 Å². The van der Waals surface area contributed by atoms with Gasteiger partial charge in [-0.25, -0.2) is 0 Å². The Hall–Kier alpha value is -0.123. The van der Waals surface area contributed by atoms with Gasteiger partial charge in [0.2, 0.25) is 0 Å². The second-order valence-electron chi connectivity index (χ2n) is 4.90. The summed E-state index contributed by atoms with van der Waals surface area (Å²) in [5.41, 5.74) is 0. The maximum atomic E-state index is 5.88. The SMILES string of the molecule is CCCO[SiH](CCC1CC=CCC1)OCCC. The average Bonchev–Trinajstić information content (AvgIpc) is 2.39. The lowest BCUT2D eigenvalue weighted by Crippen LogP contribution is -2.24. The van der Waals surface area contributed by atoms with Crippen LogP contribution in [-0.4, -0.2) is 22.5 Å². The minimum Gasteiger partial charge on any atom is -0.397 e. The summed E-state index contributed by atoms with van der Waals surface area (Å²) in [7, 11) is -1.36. The minimum absolute atomic E-state index is 0.880. The first-order chi connectivity index (χ1) is 8.36. The molecule has 0 aromatic heterocycles. The van der Waals surface area contributed by atoms with Crippen molar-refractivity contribution in [2.75, 3.05) is 13.2 Å². The molecule has 0 aromatic rings. The summed E-state index contributed by atoms with van der Waals surface area (Å²) >= 11 is 0. The number of rotatable bonds is 9. The third-order valence-corrected chi connectivity index (χ3v) is 5.22. The van der Waals surface area contributed by atoms with Crippen LogP contribution in [0.3, 0.4) is 0 Å². The van der Waals surface area contributed by atoms with Crippen LogP contribution >= 0.6 is 0 Å². The fourth-order valence-corrected chi connectivity index (χ4v) is 4.37. The molecule has 2 nitrogen and oxygen atoms in total. The van der Waals surface area contributed by atoms with Crippen molar-refractivity contribution in [3.8, 4) is 0 Å². The normalized spacial score (nSPS) is 20.1. The van der Waals surface area contributed by atoms with E-state index >= 15 is 0 Å². The Morgan fingerprint density at radius 1 is 1.12 bits per heavy atom. The standard InChI is InChI=1S/C14H28O2Si/c1-3-11-15-17(16-12-4-2)13-10-14-8-6-5-7-9-14/h5-6,14,17H,3-4,7-13H2,1-2H3. The van der Waals surface area contributed by atoms with Crippen LogP contribution in [0.5, 0.6) is 0 Å².